The number of nitrogens with zero attached hydrogens (tertiary/aromatic N) is 3. The summed E-state index contributed by atoms with van der Waals surface area (Å²) < 4.78 is 0. The standard InChI is InChI=1S/C14H21N3OS/c1-3-12-6-4-5-9-17(12)13(18)10-19-14-15-8-7-11(2)16-14/h7-8,12H,3-6,9-10H2,1-2H3/t12-/m0/s1. The normalized spacial score (nSPS) is 19.5. The van der Waals surface area contributed by atoms with E-state index in [0.717, 1.165) is 31.5 Å². The van der Waals surface area contributed by atoms with E-state index in [1.807, 2.05) is 17.9 Å². The molecule has 4 nitrogen and oxygen atoms in total. The molecule has 0 N–H and O–H groups in total. The fraction of sp³-hybridized carbons (Fsp3) is 0.643. The first kappa shape index (κ1) is 14.3. The van der Waals surface area contributed by atoms with Gasteiger partial charge in [-0.05, 0) is 38.7 Å². The molecule has 5 heteroatoms. The average molecular weight is 279 g/mol. The Morgan fingerprint density at radius 2 is 2.37 bits per heavy atom. The first-order valence-corrected chi connectivity index (χ1v) is 7.91. The van der Waals surface area contributed by atoms with Crippen LogP contribution in [-0.4, -0.2) is 39.1 Å². The summed E-state index contributed by atoms with van der Waals surface area (Å²) in [6.45, 7) is 5.00. The summed E-state index contributed by atoms with van der Waals surface area (Å²) in [5.74, 6) is 0.668. The van der Waals surface area contributed by atoms with Crippen LogP contribution in [0.3, 0.4) is 0 Å². The van der Waals surface area contributed by atoms with Gasteiger partial charge in [0.2, 0.25) is 5.91 Å². The van der Waals surface area contributed by atoms with Crippen molar-refractivity contribution in [2.24, 2.45) is 0 Å². The second kappa shape index (κ2) is 6.89. The number of aryl methyl sites for hydroxylation is 1. The number of likely N-dealkylation sites (tertiary alicyclic amines) is 1. The zero-order valence-electron chi connectivity index (χ0n) is 11.6. The molecule has 19 heavy (non-hydrogen) atoms. The molecule has 0 unspecified atom stereocenters. The summed E-state index contributed by atoms with van der Waals surface area (Å²) in [5, 5.41) is 0.693. The third-order valence-electron chi connectivity index (χ3n) is 3.52. The number of hydrogen-bond acceptors (Lipinski definition) is 4. The SMILES string of the molecule is CC[C@H]1CCCCN1C(=O)CSc1nccc(C)n1. The number of carbonyl (C=O) groups is 1. The molecule has 0 bridgehead atoms. The van der Waals surface area contributed by atoms with Crippen LogP contribution >= 0.6 is 11.8 Å². The molecule has 1 atom stereocenters. The van der Waals surface area contributed by atoms with Crippen molar-refractivity contribution in [3.8, 4) is 0 Å². The zero-order valence-corrected chi connectivity index (χ0v) is 12.4. The van der Waals surface area contributed by atoms with Gasteiger partial charge in [-0.1, -0.05) is 18.7 Å². The average Bonchev–Trinajstić information content (AvgIpc) is 2.45. The van der Waals surface area contributed by atoms with Crippen LogP contribution in [-0.2, 0) is 4.79 Å². The van der Waals surface area contributed by atoms with Crippen LogP contribution in [0.4, 0.5) is 0 Å². The first-order chi connectivity index (χ1) is 9.20. The lowest BCUT2D eigenvalue weighted by atomic mass is 10.0. The van der Waals surface area contributed by atoms with Crippen molar-refractivity contribution in [3.63, 3.8) is 0 Å². The minimum atomic E-state index is 0.224. The second-order valence-electron chi connectivity index (χ2n) is 4.91. The van der Waals surface area contributed by atoms with Crippen molar-refractivity contribution >= 4 is 17.7 Å². The van der Waals surface area contributed by atoms with Gasteiger partial charge < -0.3 is 4.90 Å². The van der Waals surface area contributed by atoms with Crippen molar-refractivity contribution in [2.75, 3.05) is 12.3 Å². The van der Waals surface area contributed by atoms with Gasteiger partial charge in [-0.3, -0.25) is 4.79 Å². The van der Waals surface area contributed by atoms with Crippen LogP contribution in [0.25, 0.3) is 0 Å². The van der Waals surface area contributed by atoms with Crippen molar-refractivity contribution in [1.29, 1.82) is 0 Å². The third-order valence-corrected chi connectivity index (χ3v) is 4.36. The molecule has 0 aromatic carbocycles. The molecule has 104 valence electrons. The minimum Gasteiger partial charge on any atom is -0.339 e. The first-order valence-electron chi connectivity index (χ1n) is 6.92. The van der Waals surface area contributed by atoms with Crippen molar-refractivity contribution in [3.05, 3.63) is 18.0 Å². The number of thioether (sulfide) groups is 1. The van der Waals surface area contributed by atoms with Crippen LogP contribution in [0.15, 0.2) is 17.4 Å². The van der Waals surface area contributed by atoms with Crippen LogP contribution in [0.2, 0.25) is 0 Å². The monoisotopic (exact) mass is 279 g/mol. The highest BCUT2D eigenvalue weighted by Gasteiger charge is 2.25. The molecular formula is C14H21N3OS. The van der Waals surface area contributed by atoms with Crippen LogP contribution < -0.4 is 0 Å². The minimum absolute atomic E-state index is 0.224. The number of carbonyl (C=O) groups excluding carboxylic acids is 1. The Labute approximate surface area is 119 Å². The van der Waals surface area contributed by atoms with Gasteiger partial charge in [-0.25, -0.2) is 9.97 Å². The molecule has 0 saturated carbocycles. The number of rotatable bonds is 4. The van der Waals surface area contributed by atoms with E-state index in [-0.39, 0.29) is 5.91 Å². The van der Waals surface area contributed by atoms with Gasteiger partial charge in [0, 0.05) is 24.5 Å². The lowest BCUT2D eigenvalue weighted by Gasteiger charge is -2.35. The summed E-state index contributed by atoms with van der Waals surface area (Å²) >= 11 is 1.44. The van der Waals surface area contributed by atoms with Gasteiger partial charge in [0.1, 0.15) is 0 Å². The highest BCUT2D eigenvalue weighted by Crippen LogP contribution is 2.21. The van der Waals surface area contributed by atoms with E-state index in [0.29, 0.717) is 17.0 Å². The Hall–Kier alpha value is -1.10. The number of piperidine rings is 1. The van der Waals surface area contributed by atoms with Crippen molar-refractivity contribution in [2.45, 2.75) is 50.7 Å². The van der Waals surface area contributed by atoms with Crippen LogP contribution in [0, 0.1) is 6.92 Å². The summed E-state index contributed by atoms with van der Waals surface area (Å²) in [6.07, 6.45) is 6.32. The number of hydrogen-bond donors (Lipinski definition) is 0. The van der Waals surface area contributed by atoms with Gasteiger partial charge in [-0.2, -0.15) is 0 Å². The van der Waals surface area contributed by atoms with Crippen LogP contribution in [0.1, 0.15) is 38.3 Å². The topological polar surface area (TPSA) is 46.1 Å². The zero-order chi connectivity index (χ0) is 13.7. The molecule has 1 saturated heterocycles. The molecule has 2 heterocycles. The summed E-state index contributed by atoms with van der Waals surface area (Å²) in [5.41, 5.74) is 0.939. The molecule has 0 aliphatic carbocycles. The molecular weight excluding hydrogens is 258 g/mol. The van der Waals surface area contributed by atoms with E-state index in [1.54, 1.807) is 6.20 Å². The van der Waals surface area contributed by atoms with Crippen molar-refractivity contribution in [1.82, 2.24) is 14.9 Å². The second-order valence-corrected chi connectivity index (χ2v) is 5.86. The summed E-state index contributed by atoms with van der Waals surface area (Å²) in [4.78, 5) is 22.8. The number of aromatic nitrogens is 2. The molecule has 1 amide bonds. The predicted octanol–water partition coefficient (Wildman–Crippen LogP) is 2.67. The maximum absolute atomic E-state index is 12.3. The highest BCUT2D eigenvalue weighted by molar-refractivity contribution is 7.99. The summed E-state index contributed by atoms with van der Waals surface area (Å²) in [7, 11) is 0. The van der Waals surface area contributed by atoms with E-state index in [9.17, 15) is 4.79 Å². The molecule has 0 radical (unpaired) electrons. The Kier molecular flexibility index (Phi) is 5.19. The molecule has 0 spiro atoms. The molecule has 2 rings (SSSR count). The lowest BCUT2D eigenvalue weighted by molar-refractivity contribution is -0.132. The van der Waals surface area contributed by atoms with E-state index < -0.39 is 0 Å². The molecule has 1 fully saturated rings. The van der Waals surface area contributed by atoms with Gasteiger partial charge in [0.25, 0.3) is 0 Å². The predicted molar refractivity (Wildman–Crippen MR) is 77.1 cm³/mol. The van der Waals surface area contributed by atoms with Crippen LogP contribution in [0.5, 0.6) is 0 Å². The fourth-order valence-corrected chi connectivity index (χ4v) is 3.22. The van der Waals surface area contributed by atoms with Gasteiger partial charge >= 0.3 is 0 Å². The van der Waals surface area contributed by atoms with E-state index in [1.165, 1.54) is 18.2 Å². The van der Waals surface area contributed by atoms with E-state index in [4.69, 9.17) is 0 Å². The smallest absolute Gasteiger partial charge is 0.233 e. The Morgan fingerprint density at radius 3 is 3.11 bits per heavy atom. The Balaban J connectivity index is 1.89. The van der Waals surface area contributed by atoms with Crippen molar-refractivity contribution < 1.29 is 4.79 Å². The largest absolute Gasteiger partial charge is 0.339 e. The Morgan fingerprint density at radius 1 is 1.53 bits per heavy atom. The van der Waals surface area contributed by atoms with E-state index in [2.05, 4.69) is 16.9 Å². The summed E-state index contributed by atoms with van der Waals surface area (Å²) in [6, 6.07) is 2.30. The third kappa shape index (κ3) is 3.93. The lowest BCUT2D eigenvalue weighted by Crippen LogP contribution is -2.44. The Bertz CT molecular complexity index is 438. The molecule has 1 aliphatic rings. The number of amides is 1. The molecule has 1 aliphatic heterocycles. The molecule has 1 aromatic rings. The van der Waals surface area contributed by atoms with Gasteiger partial charge in [0.05, 0.1) is 5.75 Å². The van der Waals surface area contributed by atoms with Gasteiger partial charge in [0.15, 0.2) is 5.16 Å². The highest BCUT2D eigenvalue weighted by atomic mass is 32.2. The van der Waals surface area contributed by atoms with Gasteiger partial charge in [-0.15, -0.1) is 0 Å². The quantitative estimate of drug-likeness (QED) is 0.628. The maximum atomic E-state index is 12.3. The van der Waals surface area contributed by atoms with E-state index >= 15 is 0 Å². The maximum Gasteiger partial charge on any atom is 0.233 e. The fourth-order valence-electron chi connectivity index (χ4n) is 2.46. The molecule has 1 aromatic heterocycles.